The van der Waals surface area contributed by atoms with Crippen molar-refractivity contribution >= 4 is 27.1 Å². The normalized spacial score (nSPS) is 11.5. The van der Waals surface area contributed by atoms with E-state index in [4.69, 9.17) is 0 Å². The number of hydrogen-bond acceptors (Lipinski definition) is 3. The molecule has 0 saturated carbocycles. The number of unbranched alkanes of at least 4 members (excludes halogenated alkanes) is 8. The van der Waals surface area contributed by atoms with E-state index in [0.29, 0.717) is 17.7 Å². The van der Waals surface area contributed by atoms with E-state index in [1.54, 1.807) is 25.0 Å². The van der Waals surface area contributed by atoms with Crippen molar-refractivity contribution in [2.24, 2.45) is 14.1 Å². The molecule has 0 atom stereocenters. The first-order valence-corrected chi connectivity index (χ1v) is 10.4. The van der Waals surface area contributed by atoms with Crippen LogP contribution in [0.25, 0.3) is 11.2 Å². The van der Waals surface area contributed by atoms with Gasteiger partial charge < -0.3 is 4.57 Å². The molecule has 0 aliphatic rings. The maximum atomic E-state index is 12.6. The zero-order chi connectivity index (χ0) is 18.2. The van der Waals surface area contributed by atoms with Gasteiger partial charge in [0.05, 0.1) is 6.33 Å². The second-order valence-electron chi connectivity index (χ2n) is 6.70. The molecule has 6 nitrogen and oxygen atoms in total. The van der Waals surface area contributed by atoms with Crippen molar-refractivity contribution in [3.05, 3.63) is 27.2 Å². The number of aryl methyl sites for hydroxylation is 2. The van der Waals surface area contributed by atoms with Crippen molar-refractivity contribution in [3.8, 4) is 0 Å². The number of imidazole rings is 1. The van der Waals surface area contributed by atoms with Gasteiger partial charge in [-0.2, -0.15) is 0 Å². The molecule has 0 aromatic carbocycles. The number of fused-ring (bicyclic) bond motifs is 1. The van der Waals surface area contributed by atoms with Crippen LogP contribution in [-0.2, 0) is 20.6 Å². The van der Waals surface area contributed by atoms with Gasteiger partial charge >= 0.3 is 5.69 Å². The first kappa shape index (κ1) is 19.9. The lowest BCUT2D eigenvalue weighted by atomic mass is 10.1. The fourth-order valence-corrected chi connectivity index (χ4v) is 3.59. The molecule has 0 N–H and O–H groups in total. The Kier molecular flexibility index (Phi) is 7.93. The summed E-state index contributed by atoms with van der Waals surface area (Å²) in [6.45, 7) is 0.484. The Hall–Kier alpha value is -1.37. The highest BCUT2D eigenvalue weighted by Crippen LogP contribution is 2.10. The van der Waals surface area contributed by atoms with E-state index in [1.165, 1.54) is 54.1 Å². The first-order chi connectivity index (χ1) is 12.1. The van der Waals surface area contributed by atoms with Crippen LogP contribution in [0.1, 0.15) is 57.8 Å². The minimum Gasteiger partial charge on any atom is -0.328 e. The van der Waals surface area contributed by atoms with E-state index in [9.17, 15) is 9.59 Å². The molecule has 0 saturated heterocycles. The molecular weight excluding hydrogens is 384 g/mol. The van der Waals surface area contributed by atoms with Crippen LogP contribution in [-0.4, -0.2) is 24.0 Å². The zero-order valence-electron chi connectivity index (χ0n) is 15.3. The molecule has 0 fully saturated rings. The summed E-state index contributed by atoms with van der Waals surface area (Å²) in [5.41, 5.74) is 0.437. The average molecular weight is 413 g/mol. The van der Waals surface area contributed by atoms with Crippen molar-refractivity contribution in [3.63, 3.8) is 0 Å². The highest BCUT2D eigenvalue weighted by atomic mass is 79.9. The molecule has 0 aliphatic carbocycles. The van der Waals surface area contributed by atoms with Crippen LogP contribution < -0.4 is 11.2 Å². The lowest BCUT2D eigenvalue weighted by Gasteiger charge is -2.08. The Morgan fingerprint density at radius 3 is 2.08 bits per heavy atom. The molecule has 2 rings (SSSR count). The highest BCUT2D eigenvalue weighted by molar-refractivity contribution is 9.09. The zero-order valence-corrected chi connectivity index (χ0v) is 16.9. The SMILES string of the molecule is Cn1cnc2c1c(=O)n(CCCCCCCCCCCBr)c(=O)n2C. The van der Waals surface area contributed by atoms with E-state index in [1.807, 2.05) is 0 Å². The largest absolute Gasteiger partial charge is 0.332 e. The molecule has 0 unspecified atom stereocenters. The Morgan fingerprint density at radius 2 is 1.48 bits per heavy atom. The topological polar surface area (TPSA) is 61.8 Å². The van der Waals surface area contributed by atoms with E-state index >= 15 is 0 Å². The molecule has 0 radical (unpaired) electrons. The lowest BCUT2D eigenvalue weighted by Crippen LogP contribution is -2.39. The minimum atomic E-state index is -0.275. The third-order valence-corrected chi connectivity index (χ3v) is 5.28. The van der Waals surface area contributed by atoms with Gasteiger partial charge in [0, 0.05) is 26.0 Å². The highest BCUT2D eigenvalue weighted by Gasteiger charge is 2.14. The van der Waals surface area contributed by atoms with Gasteiger partial charge in [-0.05, 0) is 12.8 Å². The van der Waals surface area contributed by atoms with Crippen LogP contribution in [0.3, 0.4) is 0 Å². The van der Waals surface area contributed by atoms with E-state index in [0.717, 1.165) is 18.2 Å². The van der Waals surface area contributed by atoms with E-state index < -0.39 is 0 Å². The summed E-state index contributed by atoms with van der Waals surface area (Å²) in [4.78, 5) is 29.1. The van der Waals surface area contributed by atoms with Crippen molar-refractivity contribution in [2.45, 2.75) is 64.3 Å². The minimum absolute atomic E-state index is 0.232. The van der Waals surface area contributed by atoms with E-state index in [2.05, 4.69) is 20.9 Å². The number of nitrogens with zero attached hydrogens (tertiary/aromatic N) is 4. The van der Waals surface area contributed by atoms with Gasteiger partial charge in [-0.3, -0.25) is 13.9 Å². The molecule has 7 heteroatoms. The Labute approximate surface area is 157 Å². The maximum absolute atomic E-state index is 12.6. The first-order valence-electron chi connectivity index (χ1n) is 9.24. The number of halogens is 1. The summed E-state index contributed by atoms with van der Waals surface area (Å²) in [5, 5.41) is 1.11. The van der Waals surface area contributed by atoms with Gasteiger partial charge in [-0.15, -0.1) is 0 Å². The summed E-state index contributed by atoms with van der Waals surface area (Å²) in [7, 11) is 3.45. The maximum Gasteiger partial charge on any atom is 0.332 e. The third-order valence-electron chi connectivity index (χ3n) is 4.72. The van der Waals surface area contributed by atoms with Crippen LogP contribution >= 0.6 is 15.9 Å². The predicted octanol–water partition coefficient (Wildman–Crippen LogP) is 3.34. The predicted molar refractivity (Wildman–Crippen MR) is 106 cm³/mol. The number of rotatable bonds is 11. The summed E-state index contributed by atoms with van der Waals surface area (Å²) >= 11 is 3.46. The molecule has 2 aromatic rings. The Bertz CT molecular complexity index is 791. The quantitative estimate of drug-likeness (QED) is 0.419. The smallest absolute Gasteiger partial charge is 0.328 e. The molecule has 0 amide bonds. The number of hydrogen-bond donors (Lipinski definition) is 0. The molecular formula is C18H29BrN4O2. The number of alkyl halides is 1. The third kappa shape index (κ3) is 5.06. The van der Waals surface area contributed by atoms with Crippen LogP contribution in [0.5, 0.6) is 0 Å². The molecule has 0 bridgehead atoms. The van der Waals surface area contributed by atoms with Crippen LogP contribution in [0.2, 0.25) is 0 Å². The summed E-state index contributed by atoms with van der Waals surface area (Å²) in [6.07, 6.45) is 12.4. The van der Waals surface area contributed by atoms with Crippen molar-refractivity contribution in [1.29, 1.82) is 0 Å². The van der Waals surface area contributed by atoms with E-state index in [-0.39, 0.29) is 11.2 Å². The summed E-state index contributed by atoms with van der Waals surface area (Å²) in [5.74, 6) is 0. The van der Waals surface area contributed by atoms with Gasteiger partial charge in [-0.1, -0.05) is 60.9 Å². The van der Waals surface area contributed by atoms with Crippen molar-refractivity contribution in [1.82, 2.24) is 18.7 Å². The van der Waals surface area contributed by atoms with Gasteiger partial charge in [-0.25, -0.2) is 9.78 Å². The monoisotopic (exact) mass is 412 g/mol. The Morgan fingerprint density at radius 1 is 0.920 bits per heavy atom. The fourth-order valence-electron chi connectivity index (χ4n) is 3.20. The summed E-state index contributed by atoms with van der Waals surface area (Å²) < 4.78 is 4.50. The molecule has 2 heterocycles. The number of aromatic nitrogens is 4. The average Bonchev–Trinajstić information content (AvgIpc) is 2.99. The van der Waals surface area contributed by atoms with Crippen molar-refractivity contribution in [2.75, 3.05) is 5.33 Å². The molecule has 2 aromatic heterocycles. The van der Waals surface area contributed by atoms with Gasteiger partial charge in [0.25, 0.3) is 5.56 Å². The lowest BCUT2D eigenvalue weighted by molar-refractivity contribution is 0.517. The van der Waals surface area contributed by atoms with Crippen LogP contribution in [0.4, 0.5) is 0 Å². The summed E-state index contributed by atoms with van der Waals surface area (Å²) in [6, 6.07) is 0. The van der Waals surface area contributed by atoms with Crippen molar-refractivity contribution < 1.29 is 0 Å². The van der Waals surface area contributed by atoms with Gasteiger partial charge in [0.1, 0.15) is 0 Å². The molecule has 25 heavy (non-hydrogen) atoms. The molecule has 0 spiro atoms. The van der Waals surface area contributed by atoms with Crippen LogP contribution in [0, 0.1) is 0 Å². The second-order valence-corrected chi connectivity index (χ2v) is 7.49. The molecule has 140 valence electrons. The standard InChI is InChI=1S/C18H29BrN4O2/c1-21-14-20-16-15(21)17(24)23(18(25)22(16)2)13-11-9-7-5-3-4-6-8-10-12-19/h14H,3-13H2,1-2H3. The second kappa shape index (κ2) is 9.94. The van der Waals surface area contributed by atoms with Gasteiger partial charge in [0.2, 0.25) is 0 Å². The van der Waals surface area contributed by atoms with Gasteiger partial charge in [0.15, 0.2) is 11.2 Å². The Balaban J connectivity index is 1.81. The molecule has 0 aliphatic heterocycles. The van der Waals surface area contributed by atoms with Crippen LogP contribution in [0.15, 0.2) is 15.9 Å². The fraction of sp³-hybridized carbons (Fsp3) is 0.722.